The number of fused-ring (bicyclic) bond motifs is 1. The molecule has 5 heteroatoms. The second-order valence-electron chi connectivity index (χ2n) is 6.85. The summed E-state index contributed by atoms with van der Waals surface area (Å²) in [6, 6.07) is 8.47. The number of benzene rings is 1. The van der Waals surface area contributed by atoms with Gasteiger partial charge in [-0.1, -0.05) is 0 Å². The normalized spacial score (nSPS) is 14.5. The molecule has 23 heavy (non-hydrogen) atoms. The molecule has 0 aliphatic carbocycles. The lowest BCUT2D eigenvalue weighted by Gasteiger charge is -2.29. The molecule has 2 aromatic rings. The average Bonchev–Trinajstić information content (AvgIpc) is 2.89. The molecule has 0 saturated heterocycles. The van der Waals surface area contributed by atoms with Crippen LogP contribution in [0.2, 0.25) is 0 Å². The highest BCUT2D eigenvalue weighted by atomic mass is 19.1. The van der Waals surface area contributed by atoms with E-state index in [1.54, 1.807) is 17.0 Å². The van der Waals surface area contributed by atoms with Gasteiger partial charge in [0.2, 0.25) is 0 Å². The summed E-state index contributed by atoms with van der Waals surface area (Å²) < 4.78 is 18.5. The van der Waals surface area contributed by atoms with Crippen molar-refractivity contribution in [3.63, 3.8) is 0 Å². The number of hydrogen-bond acceptors (Lipinski definition) is 2. The summed E-state index contributed by atoms with van der Waals surface area (Å²) in [6.07, 6.45) is 0.493. The Morgan fingerprint density at radius 2 is 1.96 bits per heavy atom. The Hall–Kier alpha value is -2.30. The van der Waals surface area contributed by atoms with Crippen molar-refractivity contribution in [2.24, 2.45) is 0 Å². The highest BCUT2D eigenvalue weighted by molar-refractivity contribution is 5.69. The van der Waals surface area contributed by atoms with E-state index in [1.807, 2.05) is 20.8 Å². The highest BCUT2D eigenvalue weighted by Crippen LogP contribution is 2.27. The molecule has 0 spiro atoms. The molecule has 1 aromatic carbocycles. The zero-order valence-corrected chi connectivity index (χ0v) is 13.6. The van der Waals surface area contributed by atoms with Crippen LogP contribution >= 0.6 is 0 Å². The molecule has 1 aromatic heterocycles. The van der Waals surface area contributed by atoms with Crippen LogP contribution in [0.3, 0.4) is 0 Å². The van der Waals surface area contributed by atoms with Crippen molar-refractivity contribution < 1.29 is 13.9 Å². The van der Waals surface area contributed by atoms with Gasteiger partial charge < -0.3 is 14.6 Å². The first kappa shape index (κ1) is 15.6. The van der Waals surface area contributed by atoms with E-state index in [2.05, 4.69) is 11.1 Å². The second kappa shape index (κ2) is 5.72. The van der Waals surface area contributed by atoms with Crippen molar-refractivity contribution in [1.29, 1.82) is 0 Å². The molecule has 0 radical (unpaired) electrons. The molecule has 2 heterocycles. The number of nitrogens with one attached hydrogen (secondary N) is 1. The van der Waals surface area contributed by atoms with Gasteiger partial charge in [-0.25, -0.2) is 9.18 Å². The topological polar surface area (TPSA) is 45.3 Å². The van der Waals surface area contributed by atoms with Gasteiger partial charge in [0.05, 0.1) is 6.54 Å². The molecule has 0 bridgehead atoms. The minimum atomic E-state index is -0.494. The number of halogens is 1. The second-order valence-corrected chi connectivity index (χ2v) is 6.85. The molecule has 1 aliphatic rings. The number of nitrogens with zero attached hydrogens (tertiary/aromatic N) is 1. The first-order valence-electron chi connectivity index (χ1n) is 7.76. The summed E-state index contributed by atoms with van der Waals surface area (Å²) in [6.45, 7) is 6.73. The van der Waals surface area contributed by atoms with Crippen LogP contribution < -0.4 is 0 Å². The van der Waals surface area contributed by atoms with E-state index in [-0.39, 0.29) is 11.9 Å². The number of amides is 1. The highest BCUT2D eigenvalue weighted by Gasteiger charge is 2.26. The van der Waals surface area contributed by atoms with E-state index in [4.69, 9.17) is 4.74 Å². The summed E-state index contributed by atoms with van der Waals surface area (Å²) in [7, 11) is 0. The Morgan fingerprint density at radius 1 is 1.26 bits per heavy atom. The van der Waals surface area contributed by atoms with Crippen LogP contribution in [-0.2, 0) is 17.7 Å². The zero-order valence-electron chi connectivity index (χ0n) is 13.6. The summed E-state index contributed by atoms with van der Waals surface area (Å²) in [5.41, 5.74) is 3.60. The van der Waals surface area contributed by atoms with Crippen LogP contribution in [0.4, 0.5) is 9.18 Å². The molecular weight excluding hydrogens is 295 g/mol. The van der Waals surface area contributed by atoms with Crippen LogP contribution in [0.15, 0.2) is 30.3 Å². The first-order valence-corrected chi connectivity index (χ1v) is 7.76. The minimum absolute atomic E-state index is 0.249. The fraction of sp³-hybridized carbons (Fsp3) is 0.389. The summed E-state index contributed by atoms with van der Waals surface area (Å²) >= 11 is 0. The predicted octanol–water partition coefficient (Wildman–Crippen LogP) is 4.11. The molecule has 1 aliphatic heterocycles. The van der Waals surface area contributed by atoms with Gasteiger partial charge in [0.25, 0.3) is 0 Å². The van der Waals surface area contributed by atoms with Crippen LogP contribution in [0.25, 0.3) is 11.3 Å². The molecule has 1 N–H and O–H groups in total. The van der Waals surface area contributed by atoms with Gasteiger partial charge in [0.15, 0.2) is 0 Å². The zero-order chi connectivity index (χ0) is 16.6. The lowest BCUT2D eigenvalue weighted by molar-refractivity contribution is 0.0222. The van der Waals surface area contributed by atoms with E-state index in [0.29, 0.717) is 13.1 Å². The van der Waals surface area contributed by atoms with Gasteiger partial charge in [-0.2, -0.15) is 0 Å². The number of rotatable bonds is 1. The molecule has 0 atom stereocenters. The van der Waals surface area contributed by atoms with Crippen molar-refractivity contribution >= 4 is 6.09 Å². The summed E-state index contributed by atoms with van der Waals surface area (Å²) in [5.74, 6) is -0.249. The van der Waals surface area contributed by atoms with Crippen LogP contribution in [0, 0.1) is 5.82 Å². The molecule has 3 rings (SSSR count). The molecule has 122 valence electrons. The summed E-state index contributed by atoms with van der Waals surface area (Å²) in [5, 5.41) is 0. The number of aromatic amines is 1. The van der Waals surface area contributed by atoms with Crippen molar-refractivity contribution in [3.05, 3.63) is 47.4 Å². The van der Waals surface area contributed by atoms with Gasteiger partial charge in [-0.05, 0) is 68.7 Å². The fourth-order valence-electron chi connectivity index (χ4n) is 2.70. The minimum Gasteiger partial charge on any atom is -0.444 e. The fourth-order valence-corrected chi connectivity index (χ4v) is 2.70. The van der Waals surface area contributed by atoms with E-state index in [0.717, 1.165) is 23.4 Å². The Kier molecular flexibility index (Phi) is 3.88. The predicted molar refractivity (Wildman–Crippen MR) is 86.5 cm³/mol. The van der Waals surface area contributed by atoms with Gasteiger partial charge in [-0.3, -0.25) is 0 Å². The number of ether oxygens (including phenoxy) is 1. The number of hydrogen-bond donors (Lipinski definition) is 1. The quantitative estimate of drug-likeness (QED) is 0.860. The Labute approximate surface area is 135 Å². The molecule has 4 nitrogen and oxygen atoms in total. The molecule has 0 fully saturated rings. The Balaban J connectivity index is 1.77. The van der Waals surface area contributed by atoms with Gasteiger partial charge in [0.1, 0.15) is 11.4 Å². The molecular formula is C18H21FN2O2. The van der Waals surface area contributed by atoms with Crippen LogP contribution in [-0.4, -0.2) is 28.1 Å². The smallest absolute Gasteiger partial charge is 0.410 e. The Morgan fingerprint density at radius 3 is 2.61 bits per heavy atom. The monoisotopic (exact) mass is 316 g/mol. The number of carbonyl (C=O) groups is 1. The third kappa shape index (κ3) is 3.55. The summed E-state index contributed by atoms with van der Waals surface area (Å²) in [4.78, 5) is 17.2. The maximum Gasteiger partial charge on any atom is 0.410 e. The van der Waals surface area contributed by atoms with E-state index in [1.165, 1.54) is 17.7 Å². The lowest BCUT2D eigenvalue weighted by Crippen LogP contribution is -2.39. The van der Waals surface area contributed by atoms with Gasteiger partial charge >= 0.3 is 6.09 Å². The number of aromatic nitrogens is 1. The first-order chi connectivity index (χ1) is 10.8. The third-order valence-electron chi connectivity index (χ3n) is 3.80. The Bertz CT molecular complexity index is 714. The third-order valence-corrected chi connectivity index (χ3v) is 3.80. The molecule has 0 saturated carbocycles. The van der Waals surface area contributed by atoms with Crippen molar-refractivity contribution in [2.45, 2.75) is 39.3 Å². The van der Waals surface area contributed by atoms with Crippen LogP contribution in [0.5, 0.6) is 0 Å². The standard InChI is InChI=1S/C18H21FN2O2/c1-18(2,3)23-17(22)21-9-8-13-10-15(20-16(13)11-21)12-4-6-14(19)7-5-12/h4-7,10,20H,8-9,11H2,1-3H3. The number of carbonyl (C=O) groups excluding carboxylic acids is 1. The van der Waals surface area contributed by atoms with Crippen LogP contribution in [0.1, 0.15) is 32.0 Å². The maximum absolute atomic E-state index is 13.0. The molecule has 0 unspecified atom stereocenters. The van der Waals surface area contributed by atoms with E-state index >= 15 is 0 Å². The van der Waals surface area contributed by atoms with E-state index < -0.39 is 5.60 Å². The largest absolute Gasteiger partial charge is 0.444 e. The van der Waals surface area contributed by atoms with E-state index in [9.17, 15) is 9.18 Å². The SMILES string of the molecule is CC(C)(C)OC(=O)N1CCc2cc(-c3ccc(F)cc3)[nH]c2C1. The number of H-pyrrole nitrogens is 1. The van der Waals surface area contributed by atoms with Crippen molar-refractivity contribution in [1.82, 2.24) is 9.88 Å². The van der Waals surface area contributed by atoms with Gasteiger partial charge in [0, 0.05) is 17.9 Å². The maximum atomic E-state index is 13.0. The van der Waals surface area contributed by atoms with Crippen molar-refractivity contribution in [3.8, 4) is 11.3 Å². The van der Waals surface area contributed by atoms with Gasteiger partial charge in [-0.15, -0.1) is 0 Å². The van der Waals surface area contributed by atoms with Crippen molar-refractivity contribution in [2.75, 3.05) is 6.54 Å². The lowest BCUT2D eigenvalue weighted by atomic mass is 10.1. The average molecular weight is 316 g/mol. The molecule has 1 amide bonds.